The molecule has 0 fully saturated rings. The number of ether oxygens (including phenoxy) is 3. The second-order valence-electron chi connectivity index (χ2n) is 17.9. The molecule has 0 spiro atoms. The van der Waals surface area contributed by atoms with Crippen molar-refractivity contribution in [3.05, 3.63) is 85.1 Å². The van der Waals surface area contributed by atoms with Crippen molar-refractivity contribution in [2.24, 2.45) is 0 Å². The van der Waals surface area contributed by atoms with E-state index in [2.05, 4.69) is 57.2 Å². The van der Waals surface area contributed by atoms with Crippen LogP contribution in [0.15, 0.2) is 85.1 Å². The van der Waals surface area contributed by atoms with E-state index in [1.165, 1.54) is 128 Å². The van der Waals surface area contributed by atoms with Crippen LogP contribution in [0.1, 0.15) is 252 Å². The lowest BCUT2D eigenvalue weighted by Crippen LogP contribution is -2.30. The minimum absolute atomic E-state index is 0.101. The standard InChI is InChI=1S/C59H100O6/c1-4-7-10-13-16-19-22-25-27-28-29-30-32-34-37-40-43-46-49-52-58(61)64-55-56(54-63-57(60)51-48-45-42-39-36-33-24-21-18-15-12-9-6-3)65-59(62)53-50-47-44-41-38-35-31-26-23-20-17-14-11-8-5-2/h8,11,14,17,20,23,26,28-29,31,33,35-36,38,56H,4-7,9-10,12-13,15-16,18-19,21-22,24-25,27,30,32,34,37,39-55H2,1-3H3/b11-8-,17-14-,23-20-,29-28-,31-26-,36-33-,38-35-. The van der Waals surface area contributed by atoms with Gasteiger partial charge in [-0.25, -0.2) is 0 Å². The molecule has 0 rings (SSSR count). The predicted octanol–water partition coefficient (Wildman–Crippen LogP) is 18.0. The van der Waals surface area contributed by atoms with E-state index in [9.17, 15) is 14.4 Å². The van der Waals surface area contributed by atoms with E-state index in [-0.39, 0.29) is 37.5 Å². The highest BCUT2D eigenvalue weighted by atomic mass is 16.6. The number of carbonyl (C=O) groups excluding carboxylic acids is 3. The average molecular weight is 905 g/mol. The summed E-state index contributed by atoms with van der Waals surface area (Å²) in [5.74, 6) is -0.962. The van der Waals surface area contributed by atoms with Gasteiger partial charge in [0.05, 0.1) is 0 Å². The van der Waals surface area contributed by atoms with Gasteiger partial charge >= 0.3 is 17.9 Å². The van der Waals surface area contributed by atoms with E-state index in [1.807, 2.05) is 48.6 Å². The molecule has 6 nitrogen and oxygen atoms in total. The molecule has 0 aliphatic heterocycles. The summed E-state index contributed by atoms with van der Waals surface area (Å²) in [7, 11) is 0. The number of allylic oxidation sites excluding steroid dienone is 14. The molecular formula is C59H100O6. The minimum Gasteiger partial charge on any atom is -0.462 e. The molecule has 0 saturated carbocycles. The summed E-state index contributed by atoms with van der Waals surface area (Å²) < 4.78 is 16.8. The molecule has 0 N–H and O–H groups in total. The summed E-state index contributed by atoms with van der Waals surface area (Å²) in [6.45, 7) is 6.44. The zero-order chi connectivity index (χ0) is 47.2. The minimum atomic E-state index is -0.806. The first-order valence-corrected chi connectivity index (χ1v) is 27.2. The molecule has 372 valence electrons. The van der Waals surface area contributed by atoms with Crippen LogP contribution in [0.2, 0.25) is 0 Å². The molecule has 0 bridgehead atoms. The maximum atomic E-state index is 12.8. The third-order valence-corrected chi connectivity index (χ3v) is 11.5. The van der Waals surface area contributed by atoms with Crippen molar-refractivity contribution in [3.63, 3.8) is 0 Å². The lowest BCUT2D eigenvalue weighted by atomic mass is 10.1. The van der Waals surface area contributed by atoms with Crippen LogP contribution in [-0.4, -0.2) is 37.2 Å². The van der Waals surface area contributed by atoms with Gasteiger partial charge in [0, 0.05) is 19.3 Å². The van der Waals surface area contributed by atoms with Crippen molar-refractivity contribution in [1.82, 2.24) is 0 Å². The maximum absolute atomic E-state index is 12.8. The first kappa shape index (κ1) is 61.6. The first-order valence-electron chi connectivity index (χ1n) is 27.2. The van der Waals surface area contributed by atoms with Crippen molar-refractivity contribution >= 4 is 17.9 Å². The molecule has 65 heavy (non-hydrogen) atoms. The fraction of sp³-hybridized carbons (Fsp3) is 0.712. The summed E-state index contributed by atoms with van der Waals surface area (Å²) in [4.78, 5) is 38.0. The molecule has 0 saturated heterocycles. The molecule has 0 aliphatic carbocycles. The zero-order valence-electron chi connectivity index (χ0n) is 42.5. The number of carbonyl (C=O) groups is 3. The SMILES string of the molecule is CC\C=C/C=C\C=C/C=C\C=C/CCCCCC(=O)OC(COC(=O)CCCCC/C=C\CCCCCCCC)COC(=O)CCCCCCCCC/C=C\CCCCCCCCCC. The smallest absolute Gasteiger partial charge is 0.306 e. The number of hydrogen-bond donors (Lipinski definition) is 0. The van der Waals surface area contributed by atoms with Gasteiger partial charge in [-0.3, -0.25) is 14.4 Å². The van der Waals surface area contributed by atoms with Crippen molar-refractivity contribution in [3.8, 4) is 0 Å². The fourth-order valence-corrected chi connectivity index (χ4v) is 7.39. The van der Waals surface area contributed by atoms with Gasteiger partial charge in [-0.05, 0) is 89.9 Å². The van der Waals surface area contributed by atoms with E-state index in [0.29, 0.717) is 19.3 Å². The Morgan fingerprint density at radius 2 is 0.615 bits per heavy atom. The van der Waals surface area contributed by atoms with Gasteiger partial charge in [-0.2, -0.15) is 0 Å². The molecular weight excluding hydrogens is 805 g/mol. The van der Waals surface area contributed by atoms with Crippen molar-refractivity contribution < 1.29 is 28.6 Å². The van der Waals surface area contributed by atoms with Crippen molar-refractivity contribution in [2.45, 2.75) is 258 Å². The van der Waals surface area contributed by atoms with Crippen LogP contribution in [0.25, 0.3) is 0 Å². The van der Waals surface area contributed by atoms with E-state index in [0.717, 1.165) is 77.0 Å². The number of esters is 3. The fourth-order valence-electron chi connectivity index (χ4n) is 7.39. The molecule has 1 unspecified atom stereocenters. The molecule has 0 amide bonds. The van der Waals surface area contributed by atoms with Crippen LogP contribution in [0.4, 0.5) is 0 Å². The number of unbranched alkanes of at least 4 members (excludes halogenated alkanes) is 27. The molecule has 0 aliphatic rings. The van der Waals surface area contributed by atoms with Crippen LogP contribution >= 0.6 is 0 Å². The Labute approximate surface area is 401 Å². The predicted molar refractivity (Wildman–Crippen MR) is 279 cm³/mol. The molecule has 0 heterocycles. The number of rotatable bonds is 48. The van der Waals surface area contributed by atoms with Crippen LogP contribution in [-0.2, 0) is 28.6 Å². The third kappa shape index (κ3) is 51.4. The Kier molecular flexibility index (Phi) is 50.4. The highest BCUT2D eigenvalue weighted by Crippen LogP contribution is 2.14. The van der Waals surface area contributed by atoms with Gasteiger partial charge in [-0.1, -0.05) is 228 Å². The number of hydrogen-bond acceptors (Lipinski definition) is 6. The Morgan fingerprint density at radius 1 is 0.323 bits per heavy atom. The Bertz CT molecular complexity index is 1270. The molecule has 1 atom stereocenters. The summed E-state index contributed by atoms with van der Waals surface area (Å²) in [6, 6.07) is 0. The quantitative estimate of drug-likeness (QED) is 0.0199. The monoisotopic (exact) mass is 905 g/mol. The van der Waals surface area contributed by atoms with E-state index in [1.54, 1.807) is 0 Å². The Morgan fingerprint density at radius 3 is 1.00 bits per heavy atom. The topological polar surface area (TPSA) is 78.9 Å². The second kappa shape index (κ2) is 53.2. The van der Waals surface area contributed by atoms with Crippen LogP contribution < -0.4 is 0 Å². The highest BCUT2D eigenvalue weighted by molar-refractivity contribution is 5.71. The summed E-state index contributed by atoms with van der Waals surface area (Å²) >= 11 is 0. The lowest BCUT2D eigenvalue weighted by molar-refractivity contribution is -0.167. The normalized spacial score (nSPS) is 12.7. The van der Waals surface area contributed by atoms with E-state index < -0.39 is 6.10 Å². The van der Waals surface area contributed by atoms with Crippen LogP contribution in [0, 0.1) is 0 Å². The zero-order valence-corrected chi connectivity index (χ0v) is 42.5. The average Bonchev–Trinajstić information content (AvgIpc) is 3.30. The van der Waals surface area contributed by atoms with Gasteiger partial charge in [0.1, 0.15) is 13.2 Å². The van der Waals surface area contributed by atoms with Gasteiger partial charge in [0.2, 0.25) is 0 Å². The van der Waals surface area contributed by atoms with Gasteiger partial charge in [0.15, 0.2) is 6.10 Å². The third-order valence-electron chi connectivity index (χ3n) is 11.5. The van der Waals surface area contributed by atoms with Crippen LogP contribution in [0.3, 0.4) is 0 Å². The molecule has 0 aromatic carbocycles. The lowest BCUT2D eigenvalue weighted by Gasteiger charge is -2.18. The summed E-state index contributed by atoms with van der Waals surface area (Å²) in [6.07, 6.45) is 68.6. The van der Waals surface area contributed by atoms with Gasteiger partial charge in [-0.15, -0.1) is 0 Å². The Balaban J connectivity index is 4.45. The second-order valence-corrected chi connectivity index (χ2v) is 17.9. The first-order chi connectivity index (χ1) is 32.0. The molecule has 6 heteroatoms. The molecule has 0 radical (unpaired) electrons. The Hall–Kier alpha value is -3.41. The van der Waals surface area contributed by atoms with E-state index in [4.69, 9.17) is 14.2 Å². The highest BCUT2D eigenvalue weighted by Gasteiger charge is 2.19. The maximum Gasteiger partial charge on any atom is 0.306 e. The molecule has 0 aromatic rings. The summed E-state index contributed by atoms with van der Waals surface area (Å²) in [5.41, 5.74) is 0. The summed E-state index contributed by atoms with van der Waals surface area (Å²) in [5, 5.41) is 0. The van der Waals surface area contributed by atoms with E-state index >= 15 is 0 Å². The van der Waals surface area contributed by atoms with Crippen LogP contribution in [0.5, 0.6) is 0 Å². The molecule has 0 aromatic heterocycles. The van der Waals surface area contributed by atoms with Crippen molar-refractivity contribution in [1.29, 1.82) is 0 Å². The van der Waals surface area contributed by atoms with Gasteiger partial charge < -0.3 is 14.2 Å². The van der Waals surface area contributed by atoms with Gasteiger partial charge in [0.25, 0.3) is 0 Å². The van der Waals surface area contributed by atoms with Crippen molar-refractivity contribution in [2.75, 3.05) is 13.2 Å². The largest absolute Gasteiger partial charge is 0.462 e.